The maximum Gasteiger partial charge on any atom is 0.262 e. The second-order valence-corrected chi connectivity index (χ2v) is 9.15. The Hall–Kier alpha value is -1.37. The predicted octanol–water partition coefficient (Wildman–Crippen LogP) is 4.03. The van der Waals surface area contributed by atoms with Gasteiger partial charge in [0.25, 0.3) is 5.56 Å². The number of rotatable bonds is 8. The molecule has 0 radical (unpaired) electrons. The van der Waals surface area contributed by atoms with E-state index in [1.807, 2.05) is 28.8 Å². The van der Waals surface area contributed by atoms with E-state index in [0.717, 1.165) is 49.0 Å². The molecule has 1 aromatic carbocycles. The Balaban J connectivity index is 1.86. The van der Waals surface area contributed by atoms with E-state index in [-0.39, 0.29) is 5.56 Å². The lowest BCUT2D eigenvalue weighted by molar-refractivity contribution is 0.0727. The highest BCUT2D eigenvalue weighted by Gasteiger charge is 2.19. The summed E-state index contributed by atoms with van der Waals surface area (Å²) in [5, 5.41) is 1.56. The molecular weight excluding hydrogens is 370 g/mol. The van der Waals surface area contributed by atoms with Crippen molar-refractivity contribution in [3.63, 3.8) is 0 Å². The first-order valence-electron chi connectivity index (χ1n) is 10.4. The van der Waals surface area contributed by atoms with E-state index in [1.165, 1.54) is 0 Å². The fraction of sp³-hybridized carbons (Fsp3) is 0.636. The number of aromatic nitrogens is 2. The Morgan fingerprint density at radius 2 is 1.86 bits per heavy atom. The number of fused-ring (bicyclic) bond motifs is 1. The van der Waals surface area contributed by atoms with Crippen LogP contribution in [0.1, 0.15) is 40.5 Å². The number of hydrogen-bond donors (Lipinski definition) is 0. The van der Waals surface area contributed by atoms with Gasteiger partial charge in [-0.1, -0.05) is 23.9 Å². The van der Waals surface area contributed by atoms with Crippen LogP contribution in [-0.4, -0.2) is 52.0 Å². The first kappa shape index (κ1) is 21.3. The smallest absolute Gasteiger partial charge is 0.262 e. The van der Waals surface area contributed by atoms with Crippen LogP contribution in [0.2, 0.25) is 0 Å². The Labute approximate surface area is 172 Å². The Bertz CT molecular complexity index is 820. The fourth-order valence-corrected chi connectivity index (χ4v) is 5.10. The van der Waals surface area contributed by atoms with Crippen LogP contribution < -0.4 is 5.56 Å². The molecule has 3 rings (SSSR count). The van der Waals surface area contributed by atoms with E-state index in [0.29, 0.717) is 29.9 Å². The largest absolute Gasteiger partial charge is 0.381 e. The molecule has 0 saturated carbocycles. The SMILES string of the molecule is CC(C)N(CCn1c(SCC2CCOCC2)nc2ccccc2c1=O)C(C)C. The molecule has 1 aliphatic heterocycles. The van der Waals surface area contributed by atoms with Crippen LogP contribution in [0.3, 0.4) is 0 Å². The molecule has 2 heterocycles. The van der Waals surface area contributed by atoms with Crippen LogP contribution in [-0.2, 0) is 11.3 Å². The molecule has 0 amide bonds. The average Bonchev–Trinajstić information content (AvgIpc) is 2.68. The molecule has 1 saturated heterocycles. The Morgan fingerprint density at radius 3 is 2.54 bits per heavy atom. The van der Waals surface area contributed by atoms with E-state index in [1.54, 1.807) is 11.8 Å². The highest BCUT2D eigenvalue weighted by Crippen LogP contribution is 2.25. The molecule has 5 nitrogen and oxygen atoms in total. The molecule has 1 fully saturated rings. The van der Waals surface area contributed by atoms with E-state index >= 15 is 0 Å². The number of ether oxygens (including phenoxy) is 1. The zero-order valence-electron chi connectivity index (χ0n) is 17.6. The summed E-state index contributed by atoms with van der Waals surface area (Å²) in [6, 6.07) is 8.58. The molecule has 0 bridgehead atoms. The van der Waals surface area contributed by atoms with Crippen LogP contribution in [0.15, 0.2) is 34.2 Å². The monoisotopic (exact) mass is 403 g/mol. The van der Waals surface area contributed by atoms with Gasteiger partial charge in [0.1, 0.15) is 0 Å². The number of nitrogens with zero attached hydrogens (tertiary/aromatic N) is 3. The lowest BCUT2D eigenvalue weighted by Crippen LogP contribution is -2.40. The molecule has 1 aromatic heterocycles. The van der Waals surface area contributed by atoms with Gasteiger partial charge >= 0.3 is 0 Å². The van der Waals surface area contributed by atoms with Crippen molar-refractivity contribution in [3.8, 4) is 0 Å². The molecule has 0 N–H and O–H groups in total. The van der Waals surface area contributed by atoms with Gasteiger partial charge in [-0.3, -0.25) is 14.3 Å². The molecule has 28 heavy (non-hydrogen) atoms. The lowest BCUT2D eigenvalue weighted by Gasteiger charge is -2.31. The van der Waals surface area contributed by atoms with Gasteiger partial charge in [0, 0.05) is 44.1 Å². The van der Waals surface area contributed by atoms with Gasteiger partial charge in [0.15, 0.2) is 5.16 Å². The minimum Gasteiger partial charge on any atom is -0.381 e. The molecule has 2 aromatic rings. The van der Waals surface area contributed by atoms with Gasteiger partial charge in [-0.05, 0) is 58.6 Å². The minimum absolute atomic E-state index is 0.0764. The topological polar surface area (TPSA) is 47.4 Å². The second-order valence-electron chi connectivity index (χ2n) is 8.16. The first-order valence-corrected chi connectivity index (χ1v) is 11.4. The number of para-hydroxylation sites is 1. The zero-order valence-corrected chi connectivity index (χ0v) is 18.4. The molecule has 0 unspecified atom stereocenters. The van der Waals surface area contributed by atoms with Gasteiger partial charge in [0.05, 0.1) is 10.9 Å². The normalized spacial score (nSPS) is 16.0. The number of hydrogen-bond acceptors (Lipinski definition) is 5. The van der Waals surface area contributed by atoms with Crippen molar-refractivity contribution in [2.45, 2.75) is 64.3 Å². The van der Waals surface area contributed by atoms with Crippen molar-refractivity contribution in [3.05, 3.63) is 34.6 Å². The number of benzene rings is 1. The van der Waals surface area contributed by atoms with Gasteiger partial charge in [-0.25, -0.2) is 4.98 Å². The summed E-state index contributed by atoms with van der Waals surface area (Å²) in [6.45, 7) is 12.1. The standard InChI is InChI=1S/C22H33N3O2S/c1-16(2)24(17(3)4)11-12-25-21(26)19-7-5-6-8-20(19)23-22(25)28-15-18-9-13-27-14-10-18/h5-8,16-18H,9-15H2,1-4H3. The summed E-state index contributed by atoms with van der Waals surface area (Å²) < 4.78 is 7.37. The molecule has 0 atom stereocenters. The third-order valence-corrected chi connectivity index (χ3v) is 6.73. The Morgan fingerprint density at radius 1 is 1.18 bits per heavy atom. The summed E-state index contributed by atoms with van der Waals surface area (Å²) in [5.74, 6) is 1.63. The summed E-state index contributed by atoms with van der Waals surface area (Å²) in [4.78, 5) is 20.5. The van der Waals surface area contributed by atoms with Gasteiger partial charge in [-0.2, -0.15) is 0 Å². The molecule has 1 aliphatic rings. The maximum absolute atomic E-state index is 13.2. The first-order chi connectivity index (χ1) is 13.5. The van der Waals surface area contributed by atoms with Crippen molar-refractivity contribution >= 4 is 22.7 Å². The summed E-state index contributed by atoms with van der Waals surface area (Å²) in [5.41, 5.74) is 0.871. The van der Waals surface area contributed by atoms with E-state index in [9.17, 15) is 4.79 Å². The zero-order chi connectivity index (χ0) is 20.1. The van der Waals surface area contributed by atoms with Crippen molar-refractivity contribution in [1.82, 2.24) is 14.5 Å². The minimum atomic E-state index is 0.0764. The van der Waals surface area contributed by atoms with Crippen molar-refractivity contribution in [2.24, 2.45) is 5.92 Å². The van der Waals surface area contributed by atoms with Crippen molar-refractivity contribution in [2.75, 3.05) is 25.5 Å². The molecule has 0 aliphatic carbocycles. The highest BCUT2D eigenvalue weighted by molar-refractivity contribution is 7.99. The quantitative estimate of drug-likeness (QED) is 0.492. The van der Waals surface area contributed by atoms with Crippen molar-refractivity contribution < 1.29 is 4.74 Å². The van der Waals surface area contributed by atoms with Crippen LogP contribution in [0.4, 0.5) is 0 Å². The Kier molecular flexibility index (Phi) is 7.55. The number of thioether (sulfide) groups is 1. The second kappa shape index (κ2) is 9.90. The summed E-state index contributed by atoms with van der Waals surface area (Å²) in [6.07, 6.45) is 2.19. The lowest BCUT2D eigenvalue weighted by atomic mass is 10.0. The molecular formula is C22H33N3O2S. The van der Waals surface area contributed by atoms with Gasteiger partial charge in [-0.15, -0.1) is 0 Å². The van der Waals surface area contributed by atoms with Crippen LogP contribution in [0.25, 0.3) is 10.9 Å². The van der Waals surface area contributed by atoms with Gasteiger partial charge in [0.2, 0.25) is 0 Å². The molecule has 0 spiro atoms. The average molecular weight is 404 g/mol. The summed E-state index contributed by atoms with van der Waals surface area (Å²) in [7, 11) is 0. The fourth-order valence-electron chi connectivity index (χ4n) is 3.89. The third-order valence-electron chi connectivity index (χ3n) is 5.52. The molecule has 154 valence electrons. The predicted molar refractivity (Wildman–Crippen MR) is 117 cm³/mol. The van der Waals surface area contributed by atoms with Crippen LogP contribution in [0.5, 0.6) is 0 Å². The highest BCUT2D eigenvalue weighted by atomic mass is 32.2. The third kappa shape index (κ3) is 5.16. The summed E-state index contributed by atoms with van der Waals surface area (Å²) >= 11 is 1.73. The van der Waals surface area contributed by atoms with E-state index < -0.39 is 0 Å². The van der Waals surface area contributed by atoms with Crippen molar-refractivity contribution in [1.29, 1.82) is 0 Å². The van der Waals surface area contributed by atoms with E-state index in [4.69, 9.17) is 9.72 Å². The maximum atomic E-state index is 13.2. The van der Waals surface area contributed by atoms with Crippen LogP contribution >= 0.6 is 11.8 Å². The van der Waals surface area contributed by atoms with Gasteiger partial charge < -0.3 is 4.74 Å². The van der Waals surface area contributed by atoms with E-state index in [2.05, 4.69) is 32.6 Å². The van der Waals surface area contributed by atoms with Crippen LogP contribution in [0, 0.1) is 5.92 Å². The molecule has 6 heteroatoms.